The summed E-state index contributed by atoms with van der Waals surface area (Å²) in [5.74, 6) is -1.91. The number of amides is 3. The first kappa shape index (κ1) is 17.7. The highest BCUT2D eigenvalue weighted by molar-refractivity contribution is 6.22. The standard InChI is InChI=1S/C17H20N2O5/c1-9(2)19-14(21)11-7-6-10(8-12(11)15(19)22)13(20)18-17(3,4)16(23)24-5/h6-9H,1-5H3,(H,18,20). The molecule has 3 amide bonds. The Kier molecular flexibility index (Phi) is 4.46. The molecule has 2 rings (SSSR count). The SMILES string of the molecule is COC(=O)C(C)(C)NC(=O)c1ccc2c(c1)C(=O)N(C(C)C)C2=O. The van der Waals surface area contributed by atoms with Crippen LogP contribution >= 0.6 is 0 Å². The molecule has 1 N–H and O–H groups in total. The maximum atomic E-state index is 12.4. The van der Waals surface area contributed by atoms with Crippen LogP contribution in [-0.2, 0) is 9.53 Å². The fourth-order valence-electron chi connectivity index (χ4n) is 2.53. The Morgan fingerprint density at radius 2 is 1.71 bits per heavy atom. The highest BCUT2D eigenvalue weighted by Gasteiger charge is 2.38. The Bertz CT molecular complexity index is 736. The lowest BCUT2D eigenvalue weighted by Gasteiger charge is -2.23. The van der Waals surface area contributed by atoms with Gasteiger partial charge in [0.25, 0.3) is 17.7 Å². The van der Waals surface area contributed by atoms with Gasteiger partial charge in [0, 0.05) is 11.6 Å². The number of nitrogens with zero attached hydrogens (tertiary/aromatic N) is 1. The second-order valence-electron chi connectivity index (χ2n) is 6.41. The predicted molar refractivity (Wildman–Crippen MR) is 85.6 cm³/mol. The van der Waals surface area contributed by atoms with E-state index in [1.165, 1.54) is 39.2 Å². The second-order valence-corrected chi connectivity index (χ2v) is 6.41. The largest absolute Gasteiger partial charge is 0.467 e. The monoisotopic (exact) mass is 332 g/mol. The van der Waals surface area contributed by atoms with Gasteiger partial charge in [0.05, 0.1) is 18.2 Å². The van der Waals surface area contributed by atoms with Crippen LogP contribution in [-0.4, -0.2) is 47.3 Å². The molecule has 1 aromatic rings. The van der Waals surface area contributed by atoms with Gasteiger partial charge in [-0.2, -0.15) is 0 Å². The number of imide groups is 1. The minimum absolute atomic E-state index is 0.192. The van der Waals surface area contributed by atoms with Crippen molar-refractivity contribution in [2.45, 2.75) is 39.3 Å². The van der Waals surface area contributed by atoms with E-state index >= 15 is 0 Å². The lowest BCUT2D eigenvalue weighted by Crippen LogP contribution is -2.50. The number of hydrogen-bond donors (Lipinski definition) is 1. The van der Waals surface area contributed by atoms with Gasteiger partial charge < -0.3 is 10.1 Å². The molecule has 7 heteroatoms. The first-order valence-electron chi connectivity index (χ1n) is 7.53. The van der Waals surface area contributed by atoms with Crippen LogP contribution < -0.4 is 5.32 Å². The van der Waals surface area contributed by atoms with Gasteiger partial charge in [-0.25, -0.2) is 4.79 Å². The van der Waals surface area contributed by atoms with Crippen LogP contribution in [0.3, 0.4) is 0 Å². The highest BCUT2D eigenvalue weighted by atomic mass is 16.5. The van der Waals surface area contributed by atoms with Crippen molar-refractivity contribution in [1.29, 1.82) is 0 Å². The molecule has 0 saturated heterocycles. The number of ether oxygens (including phenoxy) is 1. The van der Waals surface area contributed by atoms with Crippen molar-refractivity contribution in [3.05, 3.63) is 34.9 Å². The maximum Gasteiger partial charge on any atom is 0.330 e. The highest BCUT2D eigenvalue weighted by Crippen LogP contribution is 2.26. The van der Waals surface area contributed by atoms with Crippen molar-refractivity contribution in [3.63, 3.8) is 0 Å². The summed E-state index contributed by atoms with van der Waals surface area (Å²) in [6.45, 7) is 6.51. The van der Waals surface area contributed by atoms with Gasteiger partial charge in [-0.15, -0.1) is 0 Å². The van der Waals surface area contributed by atoms with Crippen LogP contribution in [0.2, 0.25) is 0 Å². The molecule has 0 unspecified atom stereocenters. The summed E-state index contributed by atoms with van der Waals surface area (Å²) in [6.07, 6.45) is 0. The molecular formula is C17H20N2O5. The predicted octanol–water partition coefficient (Wildman–Crippen LogP) is 1.37. The molecule has 1 heterocycles. The summed E-state index contributed by atoms with van der Waals surface area (Å²) in [4.78, 5) is 49.8. The third-order valence-corrected chi connectivity index (χ3v) is 3.82. The summed E-state index contributed by atoms with van der Waals surface area (Å²) in [5.41, 5.74) is -0.554. The number of carbonyl (C=O) groups excluding carboxylic acids is 4. The maximum absolute atomic E-state index is 12.4. The smallest absolute Gasteiger partial charge is 0.330 e. The van der Waals surface area contributed by atoms with E-state index in [1.807, 2.05) is 0 Å². The van der Waals surface area contributed by atoms with Crippen molar-refractivity contribution in [3.8, 4) is 0 Å². The third-order valence-electron chi connectivity index (χ3n) is 3.82. The van der Waals surface area contributed by atoms with Gasteiger partial charge in [0.2, 0.25) is 0 Å². The van der Waals surface area contributed by atoms with E-state index in [0.717, 1.165) is 4.90 Å². The quantitative estimate of drug-likeness (QED) is 0.664. The van der Waals surface area contributed by atoms with E-state index in [9.17, 15) is 19.2 Å². The molecule has 0 fully saturated rings. The number of benzene rings is 1. The number of nitrogens with one attached hydrogen (secondary N) is 1. The average molecular weight is 332 g/mol. The fraction of sp³-hybridized carbons (Fsp3) is 0.412. The summed E-state index contributed by atoms with van der Waals surface area (Å²) in [6, 6.07) is 4.02. The topological polar surface area (TPSA) is 92.8 Å². The molecule has 1 aromatic carbocycles. The molecule has 0 aliphatic carbocycles. The Morgan fingerprint density at radius 1 is 1.12 bits per heavy atom. The van der Waals surface area contributed by atoms with Crippen LogP contribution in [0.15, 0.2) is 18.2 Å². The van der Waals surface area contributed by atoms with Gasteiger partial charge in [-0.1, -0.05) is 0 Å². The van der Waals surface area contributed by atoms with Crippen LogP contribution in [0.1, 0.15) is 58.8 Å². The number of fused-ring (bicyclic) bond motifs is 1. The molecule has 24 heavy (non-hydrogen) atoms. The van der Waals surface area contributed by atoms with E-state index in [-0.39, 0.29) is 28.6 Å². The molecule has 128 valence electrons. The lowest BCUT2D eigenvalue weighted by molar-refractivity contribution is -0.146. The number of methoxy groups -OCH3 is 1. The number of esters is 1. The fourth-order valence-corrected chi connectivity index (χ4v) is 2.53. The molecule has 0 atom stereocenters. The zero-order chi connectivity index (χ0) is 18.2. The van der Waals surface area contributed by atoms with Gasteiger partial charge >= 0.3 is 5.97 Å². The van der Waals surface area contributed by atoms with Crippen LogP contribution in [0, 0.1) is 0 Å². The van der Waals surface area contributed by atoms with E-state index in [1.54, 1.807) is 13.8 Å². The van der Waals surface area contributed by atoms with E-state index in [0.29, 0.717) is 0 Å². The van der Waals surface area contributed by atoms with Crippen LogP contribution in [0.5, 0.6) is 0 Å². The zero-order valence-electron chi connectivity index (χ0n) is 14.3. The minimum Gasteiger partial charge on any atom is -0.467 e. The molecule has 1 aliphatic rings. The molecular weight excluding hydrogens is 312 g/mol. The van der Waals surface area contributed by atoms with Gasteiger partial charge in [-0.05, 0) is 45.9 Å². The Morgan fingerprint density at radius 3 is 2.25 bits per heavy atom. The zero-order valence-corrected chi connectivity index (χ0v) is 14.3. The average Bonchev–Trinajstić information content (AvgIpc) is 2.76. The molecule has 0 bridgehead atoms. The molecule has 0 aromatic heterocycles. The van der Waals surface area contributed by atoms with Crippen molar-refractivity contribution in [1.82, 2.24) is 10.2 Å². The summed E-state index contributed by atoms with van der Waals surface area (Å²) < 4.78 is 4.64. The number of rotatable bonds is 4. The Balaban J connectivity index is 2.31. The molecule has 0 saturated carbocycles. The molecule has 1 aliphatic heterocycles. The molecule has 7 nitrogen and oxygen atoms in total. The van der Waals surface area contributed by atoms with E-state index in [2.05, 4.69) is 10.1 Å². The van der Waals surface area contributed by atoms with Crippen molar-refractivity contribution < 1.29 is 23.9 Å². The minimum atomic E-state index is -1.21. The van der Waals surface area contributed by atoms with Gasteiger partial charge in [0.1, 0.15) is 5.54 Å². The van der Waals surface area contributed by atoms with Gasteiger partial charge in [0.15, 0.2) is 0 Å². The lowest BCUT2D eigenvalue weighted by atomic mass is 10.0. The normalized spacial score (nSPS) is 14.0. The molecule has 0 spiro atoms. The van der Waals surface area contributed by atoms with Crippen molar-refractivity contribution in [2.75, 3.05) is 7.11 Å². The number of carbonyl (C=O) groups is 4. The Labute approximate surface area is 140 Å². The van der Waals surface area contributed by atoms with E-state index < -0.39 is 23.3 Å². The van der Waals surface area contributed by atoms with Crippen molar-refractivity contribution >= 4 is 23.7 Å². The summed E-state index contributed by atoms with van der Waals surface area (Å²) >= 11 is 0. The van der Waals surface area contributed by atoms with E-state index in [4.69, 9.17) is 0 Å². The van der Waals surface area contributed by atoms with Gasteiger partial charge in [-0.3, -0.25) is 19.3 Å². The number of hydrogen-bond acceptors (Lipinski definition) is 5. The summed E-state index contributed by atoms with van der Waals surface area (Å²) in [5, 5.41) is 2.55. The van der Waals surface area contributed by atoms with Crippen molar-refractivity contribution in [2.24, 2.45) is 0 Å². The summed E-state index contributed by atoms with van der Waals surface area (Å²) in [7, 11) is 1.23. The second kappa shape index (κ2) is 6.07. The van der Waals surface area contributed by atoms with Crippen LogP contribution in [0.4, 0.5) is 0 Å². The van der Waals surface area contributed by atoms with Crippen LogP contribution in [0.25, 0.3) is 0 Å². The first-order valence-corrected chi connectivity index (χ1v) is 7.53. The Hall–Kier alpha value is -2.70. The first-order chi connectivity index (χ1) is 11.1. The molecule has 0 radical (unpaired) electrons. The third kappa shape index (κ3) is 2.89.